The number of hydrogen-bond acceptors (Lipinski definition) is 0. The molecule has 0 fully saturated rings. The first-order valence-corrected chi connectivity index (χ1v) is 8.10. The van der Waals surface area contributed by atoms with E-state index in [4.69, 9.17) is 0 Å². The molecule has 23 heavy (non-hydrogen) atoms. The summed E-state index contributed by atoms with van der Waals surface area (Å²) in [6.45, 7) is 8.76. The van der Waals surface area contributed by atoms with Crippen LogP contribution in [0.15, 0.2) is 36.4 Å². The largest absolute Gasteiger partial charge is 4.00 e. The molecule has 2 aromatic rings. The predicted molar refractivity (Wildman–Crippen MR) is 104 cm³/mol. The van der Waals surface area contributed by atoms with Crippen LogP contribution >= 0.6 is 0 Å². The Bertz CT molecular complexity index is 418. The molecule has 2 aromatic carbocycles. The fraction of sp³-hybridized carbons (Fsp3) is 0.455. The molecular formula is C22H36Hf. The maximum atomic E-state index is 2.27. The van der Waals surface area contributed by atoms with Gasteiger partial charge >= 0.3 is 25.8 Å². The molecule has 0 atom stereocenters. The van der Waals surface area contributed by atoms with Gasteiger partial charge in [0.2, 0.25) is 0 Å². The van der Waals surface area contributed by atoms with Crippen LogP contribution in [0.25, 0.3) is 0 Å². The van der Waals surface area contributed by atoms with Crippen LogP contribution in [0, 0.1) is 28.7 Å². The Kier molecular flexibility index (Phi) is 19.6. The monoisotopic (exact) mass is 480 g/mol. The van der Waals surface area contributed by atoms with Crippen LogP contribution in [0.1, 0.15) is 61.8 Å². The molecule has 2 rings (SSSR count). The molecule has 0 bridgehead atoms. The van der Waals surface area contributed by atoms with Gasteiger partial charge in [0.1, 0.15) is 0 Å². The molecular weight excluding hydrogens is 443 g/mol. The van der Waals surface area contributed by atoms with Gasteiger partial charge in [0.25, 0.3) is 0 Å². The van der Waals surface area contributed by atoms with E-state index in [9.17, 15) is 0 Å². The van der Waals surface area contributed by atoms with Crippen LogP contribution < -0.4 is 0 Å². The van der Waals surface area contributed by atoms with Gasteiger partial charge in [-0.15, -0.1) is 0 Å². The molecule has 0 saturated heterocycles. The second-order valence-electron chi connectivity index (χ2n) is 5.80. The third-order valence-corrected chi connectivity index (χ3v) is 3.58. The van der Waals surface area contributed by atoms with Crippen LogP contribution in [0.3, 0.4) is 0 Å². The summed E-state index contributed by atoms with van der Waals surface area (Å²) in [6.07, 6.45) is 7.75. The Hall–Kier alpha value is -0.430. The van der Waals surface area contributed by atoms with Crippen molar-refractivity contribution in [1.82, 2.24) is 0 Å². The van der Waals surface area contributed by atoms with Gasteiger partial charge in [-0.3, -0.25) is 0 Å². The SMILES string of the molecule is CCCCc1cc[c-](C)c1.CCCCc1cc[c-](C)c1.[CH3-].[CH3-].[Hf+4]. The molecule has 0 aliphatic heterocycles. The van der Waals surface area contributed by atoms with Crippen molar-refractivity contribution in [2.75, 3.05) is 0 Å². The topological polar surface area (TPSA) is 0 Å². The zero-order valence-corrected chi connectivity index (χ0v) is 19.8. The van der Waals surface area contributed by atoms with Crippen molar-refractivity contribution in [1.29, 1.82) is 0 Å². The molecule has 1 heteroatoms. The zero-order chi connectivity index (χ0) is 14.8. The van der Waals surface area contributed by atoms with E-state index in [1.54, 1.807) is 0 Å². The van der Waals surface area contributed by atoms with E-state index in [-0.39, 0.29) is 40.7 Å². The summed E-state index contributed by atoms with van der Waals surface area (Å²) in [6, 6.07) is 13.4. The van der Waals surface area contributed by atoms with Crippen molar-refractivity contribution in [3.05, 3.63) is 73.5 Å². The first-order chi connectivity index (χ1) is 9.65. The Morgan fingerprint density at radius 3 is 1.30 bits per heavy atom. The molecule has 0 aliphatic carbocycles. The Morgan fingerprint density at radius 1 is 0.739 bits per heavy atom. The van der Waals surface area contributed by atoms with Gasteiger partial charge in [0, 0.05) is 0 Å². The minimum absolute atomic E-state index is 0. The summed E-state index contributed by atoms with van der Waals surface area (Å²) in [4.78, 5) is 0. The van der Waals surface area contributed by atoms with Crippen molar-refractivity contribution in [3.63, 3.8) is 0 Å². The summed E-state index contributed by atoms with van der Waals surface area (Å²) < 4.78 is 0. The number of hydrogen-bond donors (Lipinski definition) is 0. The molecule has 0 radical (unpaired) electrons. The summed E-state index contributed by atoms with van der Waals surface area (Å²) in [5.74, 6) is 0. The standard InChI is InChI=1S/2C10H15.2CH3.Hf/c2*1-3-4-5-10-7-6-9(2)8-10;;;/h2*6-8H,3-5H2,1-2H3;2*1H3;/q4*-1;+4. The van der Waals surface area contributed by atoms with E-state index in [1.807, 2.05) is 0 Å². The van der Waals surface area contributed by atoms with Crippen LogP contribution in [0.5, 0.6) is 0 Å². The van der Waals surface area contributed by atoms with E-state index in [0.29, 0.717) is 0 Å². The maximum absolute atomic E-state index is 2.27. The summed E-state index contributed by atoms with van der Waals surface area (Å²) >= 11 is 0. The van der Waals surface area contributed by atoms with Gasteiger partial charge in [-0.2, -0.15) is 46.5 Å². The van der Waals surface area contributed by atoms with Crippen molar-refractivity contribution in [2.24, 2.45) is 0 Å². The molecule has 0 saturated carbocycles. The first kappa shape index (κ1) is 27.4. The molecule has 128 valence electrons. The van der Waals surface area contributed by atoms with Crippen molar-refractivity contribution in [2.45, 2.75) is 66.2 Å². The molecule has 0 amide bonds. The predicted octanol–water partition coefficient (Wildman–Crippen LogP) is 7.01. The molecule has 0 unspecified atom stereocenters. The van der Waals surface area contributed by atoms with Crippen LogP contribution in [0.4, 0.5) is 0 Å². The molecule has 0 aromatic heterocycles. The van der Waals surface area contributed by atoms with Crippen molar-refractivity contribution < 1.29 is 25.8 Å². The second-order valence-corrected chi connectivity index (χ2v) is 5.80. The number of rotatable bonds is 6. The van der Waals surface area contributed by atoms with E-state index < -0.39 is 0 Å². The first-order valence-electron chi connectivity index (χ1n) is 8.10. The minimum Gasteiger partial charge on any atom is -0.358 e. The molecule has 0 heterocycles. The third kappa shape index (κ3) is 12.6. The molecule has 0 spiro atoms. The average Bonchev–Trinajstić information content (AvgIpc) is 3.03. The Labute approximate surface area is 165 Å². The molecule has 0 nitrogen and oxygen atoms in total. The quantitative estimate of drug-likeness (QED) is 0.309. The van der Waals surface area contributed by atoms with Gasteiger partial charge in [-0.25, -0.2) is 12.1 Å². The van der Waals surface area contributed by atoms with E-state index in [1.165, 1.54) is 60.8 Å². The van der Waals surface area contributed by atoms with Gasteiger partial charge < -0.3 is 14.9 Å². The fourth-order valence-corrected chi connectivity index (χ4v) is 2.33. The van der Waals surface area contributed by atoms with Crippen LogP contribution in [-0.2, 0) is 38.7 Å². The third-order valence-electron chi connectivity index (χ3n) is 3.58. The summed E-state index contributed by atoms with van der Waals surface area (Å²) in [5.41, 5.74) is 5.79. The minimum atomic E-state index is 0. The maximum Gasteiger partial charge on any atom is 4.00 e. The van der Waals surface area contributed by atoms with Crippen molar-refractivity contribution >= 4 is 0 Å². The number of unbranched alkanes of at least 4 members (excludes halogenated alkanes) is 2. The van der Waals surface area contributed by atoms with Gasteiger partial charge in [0.05, 0.1) is 0 Å². The van der Waals surface area contributed by atoms with Crippen molar-refractivity contribution in [3.8, 4) is 0 Å². The number of aryl methyl sites for hydroxylation is 4. The Morgan fingerprint density at radius 2 is 1.09 bits per heavy atom. The molecule has 0 N–H and O–H groups in total. The zero-order valence-electron chi connectivity index (χ0n) is 16.2. The molecule has 0 aliphatic rings. The average molecular weight is 479 g/mol. The van der Waals surface area contributed by atoms with E-state index >= 15 is 0 Å². The van der Waals surface area contributed by atoms with Crippen LogP contribution in [-0.4, -0.2) is 0 Å². The van der Waals surface area contributed by atoms with E-state index in [2.05, 4.69) is 64.1 Å². The van der Waals surface area contributed by atoms with E-state index in [0.717, 1.165) is 0 Å². The van der Waals surface area contributed by atoms with Gasteiger partial charge in [-0.1, -0.05) is 66.2 Å². The van der Waals surface area contributed by atoms with Crippen LogP contribution in [0.2, 0.25) is 0 Å². The fourth-order valence-electron chi connectivity index (χ4n) is 2.33. The second kappa shape index (κ2) is 16.4. The Balaban J connectivity index is -0.000000308. The van der Waals surface area contributed by atoms with Gasteiger partial charge in [0.15, 0.2) is 0 Å². The van der Waals surface area contributed by atoms with Gasteiger partial charge in [-0.05, 0) is 0 Å². The normalized spacial score (nSPS) is 8.87. The summed E-state index contributed by atoms with van der Waals surface area (Å²) in [5, 5.41) is 0. The summed E-state index contributed by atoms with van der Waals surface area (Å²) in [7, 11) is 0. The smallest absolute Gasteiger partial charge is 0.358 e.